The van der Waals surface area contributed by atoms with Crippen molar-refractivity contribution in [2.75, 3.05) is 5.75 Å². The molecule has 0 unspecified atom stereocenters. The maximum atomic E-state index is 13.8. The minimum absolute atomic E-state index is 0.0242. The lowest BCUT2D eigenvalue weighted by atomic mass is 10.1. The lowest BCUT2D eigenvalue weighted by Crippen LogP contribution is -2.13. The maximum Gasteiger partial charge on any atom is 0.417 e. The van der Waals surface area contributed by atoms with Crippen LogP contribution in [0.25, 0.3) is 22.8 Å². The second-order valence-electron chi connectivity index (χ2n) is 6.13. The molecule has 0 aliphatic rings. The van der Waals surface area contributed by atoms with Crippen LogP contribution >= 0.6 is 11.6 Å². The number of hydrogen-bond acceptors (Lipinski definition) is 4. The molecule has 154 valence electrons. The summed E-state index contributed by atoms with van der Waals surface area (Å²) >= 11 is 5.68. The highest BCUT2D eigenvalue weighted by Gasteiger charge is 2.34. The first-order chi connectivity index (χ1) is 13.5. The van der Waals surface area contributed by atoms with Gasteiger partial charge < -0.3 is 4.57 Å². The van der Waals surface area contributed by atoms with Crippen molar-refractivity contribution in [2.45, 2.75) is 18.0 Å². The van der Waals surface area contributed by atoms with E-state index >= 15 is 0 Å². The summed E-state index contributed by atoms with van der Waals surface area (Å²) in [5.74, 6) is -1.05. The molecular formula is C18H14ClF4N3O2S. The van der Waals surface area contributed by atoms with Gasteiger partial charge in [0.1, 0.15) is 11.5 Å². The van der Waals surface area contributed by atoms with Gasteiger partial charge in [-0.3, -0.25) is 4.98 Å². The number of hydrogen-bond donors (Lipinski definition) is 0. The Labute approximate surface area is 168 Å². The Morgan fingerprint density at radius 2 is 1.83 bits per heavy atom. The van der Waals surface area contributed by atoms with Gasteiger partial charge in [-0.1, -0.05) is 24.6 Å². The van der Waals surface area contributed by atoms with Gasteiger partial charge in [0.25, 0.3) is 0 Å². The predicted octanol–water partition coefficient (Wildman–Crippen LogP) is 4.75. The van der Waals surface area contributed by atoms with Crippen LogP contribution in [0.3, 0.4) is 0 Å². The minimum atomic E-state index is -4.75. The van der Waals surface area contributed by atoms with Crippen LogP contribution in [0.1, 0.15) is 12.5 Å². The molecule has 2 heterocycles. The molecule has 3 rings (SSSR count). The highest BCUT2D eigenvalue weighted by Crippen LogP contribution is 2.35. The number of alkyl halides is 3. The summed E-state index contributed by atoms with van der Waals surface area (Å²) in [5, 5.41) is -0.0723. The molecule has 0 radical (unpaired) electrons. The monoisotopic (exact) mass is 447 g/mol. The van der Waals surface area contributed by atoms with Crippen LogP contribution in [-0.4, -0.2) is 28.7 Å². The van der Waals surface area contributed by atoms with Crippen molar-refractivity contribution in [2.24, 2.45) is 7.05 Å². The smallest absolute Gasteiger partial charge is 0.326 e. The van der Waals surface area contributed by atoms with Crippen molar-refractivity contribution in [1.29, 1.82) is 0 Å². The molecule has 5 nitrogen and oxygen atoms in total. The zero-order valence-electron chi connectivity index (χ0n) is 15.1. The van der Waals surface area contributed by atoms with Gasteiger partial charge in [0.15, 0.2) is 15.7 Å². The van der Waals surface area contributed by atoms with Gasteiger partial charge >= 0.3 is 6.18 Å². The Kier molecular flexibility index (Phi) is 5.44. The van der Waals surface area contributed by atoms with E-state index in [2.05, 4.69) is 9.97 Å². The second kappa shape index (κ2) is 7.42. The number of aromatic nitrogens is 3. The summed E-state index contributed by atoms with van der Waals surface area (Å²) in [6.45, 7) is 1.32. The Hall–Kier alpha value is -2.46. The summed E-state index contributed by atoms with van der Waals surface area (Å²) in [4.78, 5) is 7.29. The third-order valence-corrected chi connectivity index (χ3v) is 6.36. The van der Waals surface area contributed by atoms with E-state index in [1.165, 1.54) is 42.9 Å². The molecule has 29 heavy (non-hydrogen) atoms. The Balaban J connectivity index is 2.21. The number of nitrogens with zero attached hydrogens (tertiary/aromatic N) is 3. The normalized spacial score (nSPS) is 12.4. The first-order valence-corrected chi connectivity index (χ1v) is 10.3. The average Bonchev–Trinajstić information content (AvgIpc) is 3.04. The van der Waals surface area contributed by atoms with Crippen molar-refractivity contribution >= 4 is 21.4 Å². The molecule has 2 aromatic heterocycles. The van der Waals surface area contributed by atoms with Gasteiger partial charge in [-0.15, -0.1) is 0 Å². The fraction of sp³-hybridized carbons (Fsp3) is 0.222. The third kappa shape index (κ3) is 3.99. The van der Waals surface area contributed by atoms with E-state index in [4.69, 9.17) is 11.6 Å². The number of benzene rings is 1. The minimum Gasteiger partial charge on any atom is -0.326 e. The Morgan fingerprint density at radius 1 is 1.14 bits per heavy atom. The van der Waals surface area contributed by atoms with Crippen molar-refractivity contribution in [1.82, 2.24) is 14.5 Å². The second-order valence-corrected chi connectivity index (χ2v) is 8.78. The van der Waals surface area contributed by atoms with Gasteiger partial charge in [-0.2, -0.15) is 13.2 Å². The molecule has 0 spiro atoms. The molecule has 0 atom stereocenters. The van der Waals surface area contributed by atoms with E-state index in [0.717, 1.165) is 0 Å². The zero-order chi connectivity index (χ0) is 21.6. The van der Waals surface area contributed by atoms with Crippen LogP contribution in [0.5, 0.6) is 0 Å². The fourth-order valence-electron chi connectivity index (χ4n) is 2.71. The molecule has 0 saturated heterocycles. The van der Waals surface area contributed by atoms with E-state index in [1.807, 2.05) is 0 Å². The molecule has 11 heteroatoms. The maximum absolute atomic E-state index is 13.8. The van der Waals surface area contributed by atoms with Gasteiger partial charge in [0, 0.05) is 18.8 Å². The highest BCUT2D eigenvalue weighted by molar-refractivity contribution is 7.91. The summed E-state index contributed by atoms with van der Waals surface area (Å²) in [7, 11) is -2.52. The Bertz CT molecular complexity index is 1190. The van der Waals surface area contributed by atoms with Crippen molar-refractivity contribution < 1.29 is 26.0 Å². The van der Waals surface area contributed by atoms with E-state index < -0.39 is 38.0 Å². The van der Waals surface area contributed by atoms with Crippen molar-refractivity contribution in [3.05, 3.63) is 53.1 Å². The SMILES string of the molecule is CCS(=O)(=O)c1cc(C(F)(F)F)cnc1-c1ncc(-c2ccc(Cl)c(F)c2)n1C. The summed E-state index contributed by atoms with van der Waals surface area (Å²) in [6, 6.07) is 4.61. The molecule has 0 bridgehead atoms. The van der Waals surface area contributed by atoms with E-state index in [9.17, 15) is 26.0 Å². The van der Waals surface area contributed by atoms with Crippen LogP contribution in [0.15, 0.2) is 41.6 Å². The van der Waals surface area contributed by atoms with Gasteiger partial charge in [0.05, 0.1) is 33.1 Å². The number of rotatable bonds is 4. The van der Waals surface area contributed by atoms with Crippen molar-refractivity contribution in [3.8, 4) is 22.8 Å². The molecule has 0 aliphatic carbocycles. The largest absolute Gasteiger partial charge is 0.417 e. The average molecular weight is 448 g/mol. The molecule has 0 amide bonds. The van der Waals surface area contributed by atoms with Gasteiger partial charge in [-0.25, -0.2) is 17.8 Å². The molecule has 0 saturated carbocycles. The highest BCUT2D eigenvalue weighted by atomic mass is 35.5. The quantitative estimate of drug-likeness (QED) is 0.541. The van der Waals surface area contributed by atoms with Gasteiger partial charge in [-0.05, 0) is 18.2 Å². The molecule has 1 aromatic carbocycles. The molecule has 0 fully saturated rings. The lowest BCUT2D eigenvalue weighted by molar-refractivity contribution is -0.138. The van der Waals surface area contributed by atoms with Crippen LogP contribution in [0, 0.1) is 5.82 Å². The molecule has 3 aromatic rings. The number of halogens is 5. The summed E-state index contributed by atoms with van der Waals surface area (Å²) in [5.41, 5.74) is -0.595. The predicted molar refractivity (Wildman–Crippen MR) is 99.6 cm³/mol. The van der Waals surface area contributed by atoms with Crippen LogP contribution in [-0.2, 0) is 23.1 Å². The van der Waals surface area contributed by atoms with E-state index in [1.54, 1.807) is 0 Å². The van der Waals surface area contributed by atoms with Crippen LogP contribution in [0.2, 0.25) is 5.02 Å². The zero-order valence-corrected chi connectivity index (χ0v) is 16.7. The van der Waals surface area contributed by atoms with E-state index in [-0.39, 0.29) is 16.5 Å². The van der Waals surface area contributed by atoms with Gasteiger partial charge in [0.2, 0.25) is 0 Å². The third-order valence-electron chi connectivity index (χ3n) is 4.31. The first-order valence-electron chi connectivity index (χ1n) is 8.23. The molecular weight excluding hydrogens is 434 g/mol. The fourth-order valence-corrected chi connectivity index (χ4v) is 3.89. The van der Waals surface area contributed by atoms with Crippen LogP contribution < -0.4 is 0 Å². The molecule has 0 aliphatic heterocycles. The van der Waals surface area contributed by atoms with Crippen molar-refractivity contribution in [3.63, 3.8) is 0 Å². The molecule has 0 N–H and O–H groups in total. The standard InChI is InChI=1S/C18H14ClF4N3O2S/c1-3-29(27,28)15-7-11(18(21,22)23)8-24-16(15)17-25-9-14(26(17)2)10-4-5-12(19)13(20)6-10/h4-9H,3H2,1-2H3. The Morgan fingerprint density at radius 3 is 2.41 bits per heavy atom. The number of sulfone groups is 1. The number of pyridine rings is 1. The van der Waals surface area contributed by atoms with E-state index in [0.29, 0.717) is 23.5 Å². The van der Waals surface area contributed by atoms with Crippen LogP contribution in [0.4, 0.5) is 17.6 Å². The topological polar surface area (TPSA) is 64.8 Å². The number of imidazole rings is 1. The summed E-state index contributed by atoms with van der Waals surface area (Å²) in [6.07, 6.45) is -2.85. The summed E-state index contributed by atoms with van der Waals surface area (Å²) < 4.78 is 79.3. The first kappa shape index (κ1) is 21.3. The lowest BCUT2D eigenvalue weighted by Gasteiger charge is -2.13.